The van der Waals surface area contributed by atoms with Gasteiger partial charge in [-0.3, -0.25) is 9.78 Å². The number of rotatable bonds is 5. The van der Waals surface area contributed by atoms with E-state index in [1.807, 2.05) is 60.7 Å². The Morgan fingerprint density at radius 3 is 2.35 bits per heavy atom. The summed E-state index contributed by atoms with van der Waals surface area (Å²) in [7, 11) is -3.71. The molecule has 172 valence electrons. The van der Waals surface area contributed by atoms with Crippen molar-refractivity contribution in [2.24, 2.45) is 0 Å². The van der Waals surface area contributed by atoms with E-state index < -0.39 is 10.0 Å². The molecule has 4 aromatic rings. The molecule has 3 aromatic carbocycles. The predicted octanol–water partition coefficient (Wildman–Crippen LogP) is 4.00. The third kappa shape index (κ3) is 4.50. The van der Waals surface area contributed by atoms with Gasteiger partial charge in [0.2, 0.25) is 10.0 Å². The smallest absolute Gasteiger partial charge is 0.255 e. The van der Waals surface area contributed by atoms with Gasteiger partial charge in [-0.2, -0.15) is 4.31 Å². The maximum absolute atomic E-state index is 13.3. The predicted molar refractivity (Wildman–Crippen MR) is 134 cm³/mol. The average Bonchev–Trinajstić information content (AvgIpc) is 2.89. The lowest BCUT2D eigenvalue weighted by atomic mass is 10.2. The Morgan fingerprint density at radius 1 is 0.824 bits per heavy atom. The molecule has 1 aliphatic heterocycles. The minimum Gasteiger partial charge on any atom is -0.369 e. The van der Waals surface area contributed by atoms with Gasteiger partial charge < -0.3 is 10.2 Å². The fourth-order valence-corrected chi connectivity index (χ4v) is 5.58. The van der Waals surface area contributed by atoms with Crippen molar-refractivity contribution >= 4 is 38.2 Å². The van der Waals surface area contributed by atoms with Gasteiger partial charge in [-0.15, -0.1) is 0 Å². The fraction of sp³-hybridized carbons (Fsp3) is 0.154. The summed E-state index contributed by atoms with van der Waals surface area (Å²) < 4.78 is 28.0. The average molecular weight is 473 g/mol. The Bertz CT molecular complexity index is 1430. The van der Waals surface area contributed by atoms with Gasteiger partial charge >= 0.3 is 0 Å². The third-order valence-corrected chi connectivity index (χ3v) is 7.84. The number of fused-ring (bicyclic) bond motifs is 1. The largest absolute Gasteiger partial charge is 0.369 e. The van der Waals surface area contributed by atoms with E-state index in [0.29, 0.717) is 31.9 Å². The van der Waals surface area contributed by atoms with Crippen molar-refractivity contribution in [1.82, 2.24) is 9.29 Å². The van der Waals surface area contributed by atoms with Crippen molar-refractivity contribution in [1.29, 1.82) is 0 Å². The number of hydrogen-bond acceptors (Lipinski definition) is 5. The summed E-state index contributed by atoms with van der Waals surface area (Å²) in [5, 5.41) is 3.72. The van der Waals surface area contributed by atoms with Crippen LogP contribution in [0.15, 0.2) is 96.0 Å². The van der Waals surface area contributed by atoms with Crippen LogP contribution in [0.5, 0.6) is 0 Å². The van der Waals surface area contributed by atoms with Crippen LogP contribution in [0.2, 0.25) is 0 Å². The molecular weight excluding hydrogens is 448 g/mol. The van der Waals surface area contributed by atoms with Crippen LogP contribution in [-0.2, 0) is 10.0 Å². The van der Waals surface area contributed by atoms with E-state index in [-0.39, 0.29) is 16.4 Å². The Hall–Kier alpha value is -3.75. The van der Waals surface area contributed by atoms with Gasteiger partial charge in [0.1, 0.15) is 0 Å². The molecule has 0 spiro atoms. The highest BCUT2D eigenvalue weighted by Crippen LogP contribution is 2.23. The second-order valence-electron chi connectivity index (χ2n) is 8.13. The van der Waals surface area contributed by atoms with Crippen LogP contribution in [-0.4, -0.2) is 49.8 Å². The molecule has 1 saturated heterocycles. The van der Waals surface area contributed by atoms with Crippen LogP contribution in [0.4, 0.5) is 11.4 Å². The molecule has 0 unspecified atom stereocenters. The molecule has 0 saturated carbocycles. The van der Waals surface area contributed by atoms with Crippen LogP contribution in [0.25, 0.3) is 10.9 Å². The molecule has 0 atom stereocenters. The van der Waals surface area contributed by atoms with Gasteiger partial charge in [-0.25, -0.2) is 8.42 Å². The second-order valence-corrected chi connectivity index (χ2v) is 10.1. The molecule has 7 nitrogen and oxygen atoms in total. The molecule has 1 fully saturated rings. The second kappa shape index (κ2) is 9.24. The van der Waals surface area contributed by atoms with Gasteiger partial charge in [0, 0.05) is 42.8 Å². The Morgan fingerprint density at radius 2 is 1.56 bits per heavy atom. The molecule has 1 amide bonds. The van der Waals surface area contributed by atoms with Crippen LogP contribution >= 0.6 is 0 Å². The van der Waals surface area contributed by atoms with Gasteiger partial charge in [0.15, 0.2) is 0 Å². The topological polar surface area (TPSA) is 82.6 Å². The Kier molecular flexibility index (Phi) is 6.00. The first-order valence-electron chi connectivity index (χ1n) is 11.1. The van der Waals surface area contributed by atoms with E-state index in [1.165, 1.54) is 16.4 Å². The van der Waals surface area contributed by atoms with Crippen molar-refractivity contribution in [3.8, 4) is 0 Å². The molecule has 0 radical (unpaired) electrons. The molecule has 0 aliphatic carbocycles. The zero-order chi connectivity index (χ0) is 23.5. The van der Waals surface area contributed by atoms with Crippen molar-refractivity contribution < 1.29 is 13.2 Å². The number of anilines is 2. The Labute approximate surface area is 198 Å². The number of sulfonamides is 1. The van der Waals surface area contributed by atoms with E-state index >= 15 is 0 Å². The molecule has 2 heterocycles. The zero-order valence-electron chi connectivity index (χ0n) is 18.5. The number of hydrogen-bond donors (Lipinski definition) is 1. The number of carbonyl (C=O) groups excluding carboxylic acids is 1. The summed E-state index contributed by atoms with van der Waals surface area (Å²) in [5.41, 5.74) is 2.74. The van der Waals surface area contributed by atoms with Gasteiger partial charge in [0.25, 0.3) is 5.91 Å². The van der Waals surface area contributed by atoms with Gasteiger partial charge in [0.05, 0.1) is 22.3 Å². The molecule has 34 heavy (non-hydrogen) atoms. The van der Waals surface area contributed by atoms with E-state index in [1.54, 1.807) is 18.3 Å². The quantitative estimate of drug-likeness (QED) is 0.475. The summed E-state index contributed by atoms with van der Waals surface area (Å²) in [6.07, 6.45) is 1.59. The molecule has 1 aromatic heterocycles. The zero-order valence-corrected chi connectivity index (χ0v) is 19.3. The number of pyridine rings is 1. The van der Waals surface area contributed by atoms with Crippen molar-refractivity contribution in [2.75, 3.05) is 36.4 Å². The number of nitrogens with zero attached hydrogens (tertiary/aromatic N) is 3. The first-order valence-corrected chi connectivity index (χ1v) is 12.5. The number of aromatic nitrogens is 1. The summed E-state index contributed by atoms with van der Waals surface area (Å²) >= 11 is 0. The van der Waals surface area contributed by atoms with Crippen molar-refractivity contribution in [3.05, 3.63) is 96.7 Å². The van der Waals surface area contributed by atoms with Crippen LogP contribution in [0, 0.1) is 0 Å². The van der Waals surface area contributed by atoms with Gasteiger partial charge in [-0.1, -0.05) is 42.5 Å². The third-order valence-electron chi connectivity index (χ3n) is 5.94. The summed E-state index contributed by atoms with van der Waals surface area (Å²) in [5.74, 6) is -0.386. The highest BCUT2D eigenvalue weighted by molar-refractivity contribution is 7.89. The lowest BCUT2D eigenvalue weighted by molar-refractivity contribution is 0.102. The number of carbonyl (C=O) groups is 1. The first kappa shape index (κ1) is 22.1. The number of piperazine rings is 1. The molecule has 5 rings (SSSR count). The monoisotopic (exact) mass is 472 g/mol. The number of nitrogens with one attached hydrogen (secondary N) is 1. The maximum Gasteiger partial charge on any atom is 0.255 e. The van der Waals surface area contributed by atoms with Crippen molar-refractivity contribution in [2.45, 2.75) is 4.90 Å². The molecule has 0 bridgehead atoms. The van der Waals surface area contributed by atoms with E-state index in [0.717, 1.165) is 16.6 Å². The van der Waals surface area contributed by atoms with Crippen molar-refractivity contribution in [3.63, 3.8) is 0 Å². The number of para-hydroxylation sites is 2. The highest BCUT2D eigenvalue weighted by atomic mass is 32.2. The summed E-state index contributed by atoms with van der Waals surface area (Å²) in [6.45, 7) is 1.99. The molecular formula is C26H24N4O3S. The molecule has 1 N–H and O–H groups in total. The Balaban J connectivity index is 1.30. The summed E-state index contributed by atoms with van der Waals surface area (Å²) in [6, 6.07) is 25.6. The molecule has 8 heteroatoms. The van der Waals surface area contributed by atoms with Crippen LogP contribution in [0.3, 0.4) is 0 Å². The fourth-order valence-electron chi connectivity index (χ4n) is 4.11. The normalized spacial score (nSPS) is 14.8. The van der Waals surface area contributed by atoms with Crippen LogP contribution < -0.4 is 10.2 Å². The maximum atomic E-state index is 13.3. The van der Waals surface area contributed by atoms with E-state index in [2.05, 4.69) is 15.2 Å². The lowest BCUT2D eigenvalue weighted by Crippen LogP contribution is -2.48. The highest BCUT2D eigenvalue weighted by Gasteiger charge is 2.29. The van der Waals surface area contributed by atoms with E-state index in [4.69, 9.17) is 0 Å². The standard InChI is InChI=1S/C26H24N4O3S/c31-26(28-22-17-20-7-4-5-12-25(20)27-19-22)21-8-6-11-24(18-21)34(32,33)30-15-13-29(14-16-30)23-9-2-1-3-10-23/h1-12,17-19H,13-16H2,(H,28,31). The summed E-state index contributed by atoms with van der Waals surface area (Å²) in [4.78, 5) is 19.5. The minimum absolute atomic E-state index is 0.116. The SMILES string of the molecule is O=C(Nc1cnc2ccccc2c1)c1cccc(S(=O)(=O)N2CCN(c3ccccc3)CC2)c1. The van der Waals surface area contributed by atoms with Gasteiger partial charge in [-0.05, 0) is 42.5 Å². The minimum atomic E-state index is -3.71. The number of amides is 1. The molecule has 1 aliphatic rings. The number of benzene rings is 3. The van der Waals surface area contributed by atoms with E-state index in [9.17, 15) is 13.2 Å². The van der Waals surface area contributed by atoms with Crippen LogP contribution in [0.1, 0.15) is 10.4 Å². The lowest BCUT2D eigenvalue weighted by Gasteiger charge is -2.35. The first-order chi connectivity index (χ1) is 16.5.